The lowest BCUT2D eigenvalue weighted by Crippen LogP contribution is -2.39. The summed E-state index contributed by atoms with van der Waals surface area (Å²) in [4.78, 5) is 5.88. The standard InChI is InChI=1S/C15H21F4N3O/c1-20-14(21-7-4-8-23-11-15(17,18)19)22(2)10-12-5-3-6-13(16)9-12/h3,5-6,9H,4,7-8,10-11H2,1-2H3,(H,20,21). The smallest absolute Gasteiger partial charge is 0.372 e. The molecule has 4 nitrogen and oxygen atoms in total. The van der Waals surface area contributed by atoms with Gasteiger partial charge in [-0.3, -0.25) is 4.99 Å². The van der Waals surface area contributed by atoms with Crippen molar-refractivity contribution in [2.75, 3.05) is 33.9 Å². The van der Waals surface area contributed by atoms with Crippen molar-refractivity contribution >= 4 is 5.96 Å². The molecular weight excluding hydrogens is 314 g/mol. The largest absolute Gasteiger partial charge is 0.411 e. The average molecular weight is 335 g/mol. The summed E-state index contributed by atoms with van der Waals surface area (Å²) >= 11 is 0. The van der Waals surface area contributed by atoms with Crippen LogP contribution in [-0.4, -0.2) is 50.9 Å². The number of hydrogen-bond acceptors (Lipinski definition) is 2. The second-order valence-corrected chi connectivity index (χ2v) is 4.98. The molecule has 0 aliphatic carbocycles. The Bertz CT molecular complexity index is 506. The highest BCUT2D eigenvalue weighted by molar-refractivity contribution is 5.79. The number of nitrogens with one attached hydrogen (secondary N) is 1. The fourth-order valence-corrected chi connectivity index (χ4v) is 1.93. The lowest BCUT2D eigenvalue weighted by atomic mass is 10.2. The molecular formula is C15H21F4N3O. The van der Waals surface area contributed by atoms with E-state index in [-0.39, 0.29) is 12.4 Å². The monoisotopic (exact) mass is 335 g/mol. The Labute approximate surface area is 133 Å². The molecule has 0 radical (unpaired) electrons. The van der Waals surface area contributed by atoms with Crippen LogP contribution in [0.4, 0.5) is 17.6 Å². The molecule has 0 fully saturated rings. The molecule has 0 spiro atoms. The normalized spacial score (nSPS) is 12.3. The third-order valence-corrected chi connectivity index (χ3v) is 2.90. The van der Waals surface area contributed by atoms with Crippen molar-refractivity contribution < 1.29 is 22.3 Å². The topological polar surface area (TPSA) is 36.9 Å². The van der Waals surface area contributed by atoms with Crippen LogP contribution in [0.3, 0.4) is 0 Å². The molecule has 0 aliphatic rings. The number of benzene rings is 1. The molecule has 0 unspecified atom stereocenters. The van der Waals surface area contributed by atoms with Crippen LogP contribution in [0.1, 0.15) is 12.0 Å². The zero-order valence-electron chi connectivity index (χ0n) is 13.2. The number of nitrogens with zero attached hydrogens (tertiary/aromatic N) is 2. The quantitative estimate of drug-likeness (QED) is 0.360. The molecule has 0 saturated carbocycles. The first-order valence-electron chi connectivity index (χ1n) is 7.12. The third-order valence-electron chi connectivity index (χ3n) is 2.90. The first-order valence-corrected chi connectivity index (χ1v) is 7.12. The summed E-state index contributed by atoms with van der Waals surface area (Å²) in [6.07, 6.45) is -3.88. The molecule has 1 aromatic rings. The van der Waals surface area contributed by atoms with Crippen LogP contribution in [-0.2, 0) is 11.3 Å². The SMILES string of the molecule is CN=C(NCCCOCC(F)(F)F)N(C)Cc1cccc(F)c1. The van der Waals surface area contributed by atoms with E-state index in [9.17, 15) is 17.6 Å². The zero-order valence-corrected chi connectivity index (χ0v) is 13.2. The molecule has 0 saturated heterocycles. The van der Waals surface area contributed by atoms with Crippen molar-refractivity contribution in [3.8, 4) is 0 Å². The summed E-state index contributed by atoms with van der Waals surface area (Å²) in [5.74, 6) is 0.269. The van der Waals surface area contributed by atoms with Gasteiger partial charge in [0.15, 0.2) is 5.96 Å². The van der Waals surface area contributed by atoms with Crippen LogP contribution >= 0.6 is 0 Å². The van der Waals surface area contributed by atoms with Crippen molar-refractivity contribution in [2.45, 2.75) is 19.1 Å². The van der Waals surface area contributed by atoms with Crippen LogP contribution in [0, 0.1) is 5.82 Å². The Morgan fingerprint density at radius 3 is 2.70 bits per heavy atom. The van der Waals surface area contributed by atoms with Gasteiger partial charge in [-0.1, -0.05) is 12.1 Å². The fourth-order valence-electron chi connectivity index (χ4n) is 1.93. The summed E-state index contributed by atoms with van der Waals surface area (Å²) < 4.78 is 53.4. The average Bonchev–Trinajstić information content (AvgIpc) is 2.45. The first kappa shape index (κ1) is 19.2. The van der Waals surface area contributed by atoms with Gasteiger partial charge in [-0.25, -0.2) is 4.39 Å². The van der Waals surface area contributed by atoms with Gasteiger partial charge in [0.25, 0.3) is 0 Å². The van der Waals surface area contributed by atoms with Gasteiger partial charge in [0, 0.05) is 33.8 Å². The maximum atomic E-state index is 13.1. The molecule has 130 valence electrons. The zero-order chi connectivity index (χ0) is 17.3. The van der Waals surface area contributed by atoms with E-state index in [4.69, 9.17) is 0 Å². The lowest BCUT2D eigenvalue weighted by Gasteiger charge is -2.22. The first-order chi connectivity index (χ1) is 10.8. The minimum atomic E-state index is -4.30. The van der Waals surface area contributed by atoms with Crippen molar-refractivity contribution in [1.29, 1.82) is 0 Å². The van der Waals surface area contributed by atoms with Gasteiger partial charge in [-0.05, 0) is 24.1 Å². The van der Waals surface area contributed by atoms with E-state index in [1.807, 2.05) is 0 Å². The van der Waals surface area contributed by atoms with E-state index in [1.165, 1.54) is 12.1 Å². The molecule has 0 bridgehead atoms. The molecule has 0 aliphatic heterocycles. The Balaban J connectivity index is 2.31. The predicted molar refractivity (Wildman–Crippen MR) is 80.7 cm³/mol. The summed E-state index contributed by atoms with van der Waals surface area (Å²) in [5.41, 5.74) is 0.795. The summed E-state index contributed by atoms with van der Waals surface area (Å²) in [5, 5.41) is 3.02. The number of hydrogen-bond donors (Lipinski definition) is 1. The maximum absolute atomic E-state index is 13.1. The number of ether oxygens (including phenoxy) is 1. The molecule has 1 N–H and O–H groups in total. The Morgan fingerprint density at radius 1 is 1.35 bits per heavy atom. The molecule has 0 amide bonds. The van der Waals surface area contributed by atoms with Crippen molar-refractivity contribution in [3.05, 3.63) is 35.6 Å². The van der Waals surface area contributed by atoms with Crippen LogP contribution < -0.4 is 5.32 Å². The van der Waals surface area contributed by atoms with Crippen LogP contribution in [0.15, 0.2) is 29.3 Å². The third kappa shape index (κ3) is 8.39. The van der Waals surface area contributed by atoms with Gasteiger partial charge < -0.3 is 15.0 Å². The molecule has 1 aromatic carbocycles. The summed E-state index contributed by atoms with van der Waals surface area (Å²) in [6.45, 7) is -0.335. The number of halogens is 4. The molecule has 8 heteroatoms. The minimum absolute atomic E-state index is 0.0110. The second kappa shape index (κ2) is 9.34. The minimum Gasteiger partial charge on any atom is -0.372 e. The molecule has 1 rings (SSSR count). The molecule has 0 aromatic heterocycles. The highest BCUT2D eigenvalue weighted by atomic mass is 19.4. The molecule has 23 heavy (non-hydrogen) atoms. The van der Waals surface area contributed by atoms with Crippen molar-refractivity contribution in [2.24, 2.45) is 4.99 Å². The second-order valence-electron chi connectivity index (χ2n) is 4.98. The van der Waals surface area contributed by atoms with Gasteiger partial charge in [0.1, 0.15) is 12.4 Å². The number of rotatable bonds is 7. The van der Waals surface area contributed by atoms with Gasteiger partial charge in [-0.2, -0.15) is 13.2 Å². The van der Waals surface area contributed by atoms with E-state index in [2.05, 4.69) is 15.0 Å². The van der Waals surface area contributed by atoms with Crippen LogP contribution in [0.2, 0.25) is 0 Å². The van der Waals surface area contributed by atoms with Crippen molar-refractivity contribution in [3.63, 3.8) is 0 Å². The lowest BCUT2D eigenvalue weighted by molar-refractivity contribution is -0.173. The van der Waals surface area contributed by atoms with Gasteiger partial charge in [-0.15, -0.1) is 0 Å². The van der Waals surface area contributed by atoms with E-state index in [1.54, 1.807) is 31.1 Å². The number of aliphatic imine (C=N–C) groups is 1. The van der Waals surface area contributed by atoms with E-state index < -0.39 is 12.8 Å². The predicted octanol–water partition coefficient (Wildman–Crippen LogP) is 2.80. The van der Waals surface area contributed by atoms with Crippen LogP contribution in [0.5, 0.6) is 0 Å². The van der Waals surface area contributed by atoms with Crippen molar-refractivity contribution in [1.82, 2.24) is 10.2 Å². The summed E-state index contributed by atoms with van der Waals surface area (Å²) in [7, 11) is 3.39. The van der Waals surface area contributed by atoms with Gasteiger partial charge >= 0.3 is 6.18 Å². The summed E-state index contributed by atoms with van der Waals surface area (Å²) in [6, 6.07) is 6.25. The Hall–Kier alpha value is -1.83. The van der Waals surface area contributed by atoms with Crippen LogP contribution in [0.25, 0.3) is 0 Å². The molecule has 0 atom stereocenters. The Morgan fingerprint density at radius 2 is 2.09 bits per heavy atom. The van der Waals surface area contributed by atoms with E-state index in [0.29, 0.717) is 25.5 Å². The molecule has 0 heterocycles. The number of alkyl halides is 3. The van der Waals surface area contributed by atoms with E-state index in [0.717, 1.165) is 5.56 Å². The fraction of sp³-hybridized carbons (Fsp3) is 0.533. The van der Waals surface area contributed by atoms with E-state index >= 15 is 0 Å². The number of guanidine groups is 1. The Kier molecular flexibility index (Phi) is 7.80. The van der Waals surface area contributed by atoms with Gasteiger partial charge in [0.05, 0.1) is 0 Å². The highest BCUT2D eigenvalue weighted by Crippen LogP contribution is 2.14. The van der Waals surface area contributed by atoms with Gasteiger partial charge in [0.2, 0.25) is 0 Å². The maximum Gasteiger partial charge on any atom is 0.411 e. The highest BCUT2D eigenvalue weighted by Gasteiger charge is 2.27.